The molecule has 1 aromatic heterocycles. The first-order valence-corrected chi connectivity index (χ1v) is 8.45. The van der Waals surface area contributed by atoms with Crippen molar-refractivity contribution in [2.75, 3.05) is 31.5 Å². The van der Waals surface area contributed by atoms with E-state index in [9.17, 15) is 9.59 Å². The van der Waals surface area contributed by atoms with E-state index in [1.807, 2.05) is 24.3 Å². The zero-order valence-corrected chi connectivity index (χ0v) is 14.7. The Kier molecular flexibility index (Phi) is 5.34. The molecule has 0 aliphatic carbocycles. The van der Waals surface area contributed by atoms with Crippen molar-refractivity contribution in [3.63, 3.8) is 0 Å². The van der Waals surface area contributed by atoms with Gasteiger partial charge in [0.05, 0.1) is 0 Å². The van der Waals surface area contributed by atoms with Gasteiger partial charge in [-0.25, -0.2) is 4.79 Å². The fraction of sp³-hybridized carbons (Fsp3) is 0.316. The summed E-state index contributed by atoms with van der Waals surface area (Å²) in [6.45, 7) is 5.10. The number of piperazine rings is 1. The van der Waals surface area contributed by atoms with Crippen LogP contribution in [-0.2, 0) is 11.3 Å². The topological polar surface area (TPSA) is 70.5 Å². The Morgan fingerprint density at radius 1 is 1.15 bits per heavy atom. The number of anilines is 1. The first kappa shape index (κ1) is 17.7. The molecule has 0 bridgehead atoms. The van der Waals surface area contributed by atoms with Gasteiger partial charge < -0.3 is 10.2 Å². The van der Waals surface area contributed by atoms with Crippen molar-refractivity contribution in [1.29, 1.82) is 0 Å². The molecule has 1 fully saturated rings. The number of carbonyl (C=O) groups excluding carboxylic acids is 2. The molecule has 0 spiro atoms. The van der Waals surface area contributed by atoms with E-state index in [-0.39, 0.29) is 11.9 Å². The number of terminal acetylenes is 1. The summed E-state index contributed by atoms with van der Waals surface area (Å²) >= 11 is 0. The van der Waals surface area contributed by atoms with Crippen LogP contribution in [0.5, 0.6) is 0 Å². The molecule has 1 saturated heterocycles. The number of hydrogen-bond acceptors (Lipinski definition) is 4. The van der Waals surface area contributed by atoms with Gasteiger partial charge in [-0.3, -0.25) is 9.69 Å². The van der Waals surface area contributed by atoms with Gasteiger partial charge in [-0.15, -0.1) is 11.5 Å². The third kappa shape index (κ3) is 4.29. The SMILES string of the molecule is C#Cc1ccc(CN2CCN(C(=O)n3ccc(NC(C)=O)n3)CC2)cc1. The minimum Gasteiger partial charge on any atom is -0.320 e. The fourth-order valence-corrected chi connectivity index (χ4v) is 2.88. The second-order valence-electron chi connectivity index (χ2n) is 6.21. The van der Waals surface area contributed by atoms with Crippen molar-refractivity contribution in [2.45, 2.75) is 13.5 Å². The van der Waals surface area contributed by atoms with E-state index in [1.165, 1.54) is 17.2 Å². The van der Waals surface area contributed by atoms with Crippen molar-refractivity contribution in [3.8, 4) is 12.3 Å². The van der Waals surface area contributed by atoms with E-state index in [4.69, 9.17) is 6.42 Å². The molecule has 0 radical (unpaired) electrons. The zero-order valence-electron chi connectivity index (χ0n) is 14.7. The largest absolute Gasteiger partial charge is 0.344 e. The normalized spacial score (nSPS) is 14.7. The fourth-order valence-electron chi connectivity index (χ4n) is 2.88. The summed E-state index contributed by atoms with van der Waals surface area (Å²) < 4.78 is 1.26. The molecule has 1 aliphatic heterocycles. The molecule has 26 heavy (non-hydrogen) atoms. The number of nitrogens with one attached hydrogen (secondary N) is 1. The first-order valence-electron chi connectivity index (χ1n) is 8.45. The van der Waals surface area contributed by atoms with Crippen LogP contribution in [0.3, 0.4) is 0 Å². The van der Waals surface area contributed by atoms with Crippen LogP contribution in [0.25, 0.3) is 0 Å². The molecule has 0 atom stereocenters. The summed E-state index contributed by atoms with van der Waals surface area (Å²) in [5.74, 6) is 2.77. The average Bonchev–Trinajstić information content (AvgIpc) is 3.10. The summed E-state index contributed by atoms with van der Waals surface area (Å²) in [6.07, 6.45) is 6.94. The molecule has 134 valence electrons. The van der Waals surface area contributed by atoms with Crippen LogP contribution in [0.1, 0.15) is 18.1 Å². The number of benzene rings is 1. The molecular formula is C19H21N5O2. The second kappa shape index (κ2) is 7.85. The summed E-state index contributed by atoms with van der Waals surface area (Å²) in [5, 5.41) is 6.66. The Morgan fingerprint density at radius 3 is 2.46 bits per heavy atom. The van der Waals surface area contributed by atoms with E-state index < -0.39 is 0 Å². The van der Waals surface area contributed by atoms with Gasteiger partial charge in [-0.1, -0.05) is 18.1 Å². The Morgan fingerprint density at radius 2 is 1.85 bits per heavy atom. The number of hydrogen-bond donors (Lipinski definition) is 1. The standard InChI is InChI=1S/C19H21N5O2/c1-3-16-4-6-17(7-5-16)14-22-10-12-23(13-11-22)19(26)24-9-8-18(21-24)20-15(2)25/h1,4-9H,10-14H2,2H3,(H,20,21,25). The predicted octanol–water partition coefficient (Wildman–Crippen LogP) is 1.61. The minimum absolute atomic E-state index is 0.181. The van der Waals surface area contributed by atoms with Crippen LogP contribution in [0.15, 0.2) is 36.5 Å². The minimum atomic E-state index is -0.216. The first-order chi connectivity index (χ1) is 12.5. The number of rotatable bonds is 3. The van der Waals surface area contributed by atoms with Gasteiger partial charge in [0.15, 0.2) is 5.82 Å². The van der Waals surface area contributed by atoms with Gasteiger partial charge in [-0.2, -0.15) is 4.68 Å². The van der Waals surface area contributed by atoms with E-state index in [1.54, 1.807) is 17.2 Å². The predicted molar refractivity (Wildman–Crippen MR) is 98.6 cm³/mol. The van der Waals surface area contributed by atoms with Gasteiger partial charge in [0.1, 0.15) is 0 Å². The zero-order chi connectivity index (χ0) is 18.5. The number of amides is 2. The number of nitrogens with zero attached hydrogens (tertiary/aromatic N) is 4. The quantitative estimate of drug-likeness (QED) is 0.853. The highest BCUT2D eigenvalue weighted by molar-refractivity contribution is 5.87. The van der Waals surface area contributed by atoms with E-state index in [2.05, 4.69) is 21.2 Å². The Hall–Kier alpha value is -3.11. The van der Waals surface area contributed by atoms with Gasteiger partial charge in [0.25, 0.3) is 0 Å². The van der Waals surface area contributed by atoms with Crippen LogP contribution in [0, 0.1) is 12.3 Å². The molecule has 2 amide bonds. The Balaban J connectivity index is 1.52. The highest BCUT2D eigenvalue weighted by Gasteiger charge is 2.23. The van der Waals surface area contributed by atoms with Gasteiger partial charge in [0, 0.05) is 57.5 Å². The van der Waals surface area contributed by atoms with Crippen LogP contribution >= 0.6 is 0 Å². The van der Waals surface area contributed by atoms with Crippen molar-refractivity contribution >= 4 is 17.8 Å². The van der Waals surface area contributed by atoms with Crippen molar-refractivity contribution in [3.05, 3.63) is 47.7 Å². The van der Waals surface area contributed by atoms with Crippen molar-refractivity contribution < 1.29 is 9.59 Å². The maximum atomic E-state index is 12.5. The molecule has 7 heteroatoms. The monoisotopic (exact) mass is 351 g/mol. The maximum Gasteiger partial charge on any atom is 0.344 e. The Bertz CT molecular complexity index is 826. The van der Waals surface area contributed by atoms with E-state index in [0.29, 0.717) is 18.9 Å². The van der Waals surface area contributed by atoms with Crippen LogP contribution < -0.4 is 5.32 Å². The Labute approximate surface area is 152 Å². The smallest absolute Gasteiger partial charge is 0.320 e. The van der Waals surface area contributed by atoms with Crippen molar-refractivity contribution in [2.24, 2.45) is 0 Å². The number of aromatic nitrogens is 2. The van der Waals surface area contributed by atoms with Crippen LogP contribution in [0.4, 0.5) is 10.6 Å². The summed E-state index contributed by atoms with van der Waals surface area (Å²) in [6, 6.07) is 9.40. The van der Waals surface area contributed by atoms with E-state index >= 15 is 0 Å². The van der Waals surface area contributed by atoms with Gasteiger partial charge >= 0.3 is 6.03 Å². The van der Waals surface area contributed by atoms with Gasteiger partial charge in [0.2, 0.25) is 5.91 Å². The molecule has 2 heterocycles. The third-order valence-electron chi connectivity index (χ3n) is 4.26. The van der Waals surface area contributed by atoms with Crippen LogP contribution in [0.2, 0.25) is 0 Å². The van der Waals surface area contributed by atoms with Crippen LogP contribution in [-0.4, -0.2) is 57.7 Å². The second-order valence-corrected chi connectivity index (χ2v) is 6.21. The van der Waals surface area contributed by atoms with Gasteiger partial charge in [-0.05, 0) is 17.7 Å². The summed E-state index contributed by atoms with van der Waals surface area (Å²) in [4.78, 5) is 27.6. The molecule has 0 saturated carbocycles. The molecule has 2 aromatic rings. The molecule has 3 rings (SSSR count). The highest BCUT2D eigenvalue weighted by atomic mass is 16.2. The third-order valence-corrected chi connectivity index (χ3v) is 4.26. The maximum absolute atomic E-state index is 12.5. The molecule has 0 unspecified atom stereocenters. The highest BCUT2D eigenvalue weighted by Crippen LogP contribution is 2.11. The van der Waals surface area contributed by atoms with E-state index in [0.717, 1.165) is 25.2 Å². The molecule has 1 N–H and O–H groups in total. The number of carbonyl (C=O) groups is 2. The van der Waals surface area contributed by atoms with Crippen molar-refractivity contribution in [1.82, 2.24) is 19.6 Å². The molecule has 1 aliphatic rings. The summed E-state index contributed by atoms with van der Waals surface area (Å²) in [7, 11) is 0. The lowest BCUT2D eigenvalue weighted by atomic mass is 10.1. The molecular weight excluding hydrogens is 330 g/mol. The molecule has 1 aromatic carbocycles. The lowest BCUT2D eigenvalue weighted by molar-refractivity contribution is -0.114. The molecule has 7 nitrogen and oxygen atoms in total. The lowest BCUT2D eigenvalue weighted by Gasteiger charge is -2.34. The summed E-state index contributed by atoms with van der Waals surface area (Å²) in [5.41, 5.74) is 2.08. The lowest BCUT2D eigenvalue weighted by Crippen LogP contribution is -2.49. The average molecular weight is 351 g/mol.